The third-order valence-electron chi connectivity index (χ3n) is 3.18. The molecule has 1 unspecified atom stereocenters. The number of fused-ring (bicyclic) bond motifs is 1. The lowest BCUT2D eigenvalue weighted by Crippen LogP contribution is -2.15. The first kappa shape index (κ1) is 14.7. The average molecular weight is 322 g/mol. The van der Waals surface area contributed by atoms with Crippen LogP contribution in [0.25, 0.3) is 5.65 Å². The first-order valence-corrected chi connectivity index (χ1v) is 6.95. The SMILES string of the molecule is COC(COc1cc(Cl)cc2nccn12)c1ccc(F)cn1. The minimum atomic E-state index is -0.418. The molecule has 0 aliphatic rings. The molecule has 0 aliphatic heterocycles. The molecule has 22 heavy (non-hydrogen) atoms. The summed E-state index contributed by atoms with van der Waals surface area (Å²) in [5.74, 6) is 0.152. The number of nitrogens with zero attached hydrogens (tertiary/aromatic N) is 3. The van der Waals surface area contributed by atoms with Gasteiger partial charge in [0.15, 0.2) is 0 Å². The molecule has 0 fully saturated rings. The maximum Gasteiger partial charge on any atom is 0.200 e. The molecule has 0 amide bonds. The molecule has 0 N–H and O–H groups in total. The molecule has 0 aliphatic carbocycles. The lowest BCUT2D eigenvalue weighted by atomic mass is 10.2. The van der Waals surface area contributed by atoms with E-state index in [1.165, 1.54) is 6.07 Å². The second-order valence-electron chi connectivity index (χ2n) is 4.60. The molecule has 0 saturated heterocycles. The lowest BCUT2D eigenvalue weighted by Gasteiger charge is -2.16. The molecule has 0 bridgehead atoms. The van der Waals surface area contributed by atoms with Crippen LogP contribution in [0.2, 0.25) is 5.02 Å². The summed E-state index contributed by atoms with van der Waals surface area (Å²) in [6.45, 7) is 0.211. The Kier molecular flexibility index (Phi) is 4.22. The molecule has 5 nitrogen and oxygen atoms in total. The number of rotatable bonds is 5. The standard InChI is InChI=1S/C15H13ClFN3O2/c1-21-13(12-3-2-11(17)8-19-12)9-22-15-7-10(16)6-14-18-4-5-20(14)15/h2-8,13H,9H2,1H3. The monoisotopic (exact) mass is 321 g/mol. The molecular weight excluding hydrogens is 309 g/mol. The van der Waals surface area contributed by atoms with Crippen LogP contribution in [0.1, 0.15) is 11.8 Å². The molecule has 3 rings (SSSR count). The van der Waals surface area contributed by atoms with Gasteiger partial charge in [0.05, 0.1) is 11.9 Å². The number of ether oxygens (including phenoxy) is 2. The van der Waals surface area contributed by atoms with E-state index in [0.29, 0.717) is 22.2 Å². The van der Waals surface area contributed by atoms with Gasteiger partial charge in [-0.1, -0.05) is 11.6 Å². The number of methoxy groups -OCH3 is 1. The van der Waals surface area contributed by atoms with Crippen molar-refractivity contribution in [2.75, 3.05) is 13.7 Å². The van der Waals surface area contributed by atoms with E-state index in [-0.39, 0.29) is 6.61 Å². The minimum absolute atomic E-state index is 0.211. The zero-order valence-electron chi connectivity index (χ0n) is 11.7. The van der Waals surface area contributed by atoms with Crippen molar-refractivity contribution in [3.8, 4) is 5.88 Å². The van der Waals surface area contributed by atoms with E-state index in [1.807, 2.05) is 0 Å². The fraction of sp³-hybridized carbons (Fsp3) is 0.200. The smallest absolute Gasteiger partial charge is 0.200 e. The van der Waals surface area contributed by atoms with Crippen molar-refractivity contribution in [1.29, 1.82) is 0 Å². The van der Waals surface area contributed by atoms with Gasteiger partial charge in [-0.2, -0.15) is 0 Å². The first-order chi connectivity index (χ1) is 10.7. The number of imidazole rings is 1. The molecule has 0 aromatic carbocycles. The topological polar surface area (TPSA) is 48.7 Å². The van der Waals surface area contributed by atoms with Crippen LogP contribution in [0.15, 0.2) is 42.9 Å². The Morgan fingerprint density at radius 1 is 1.32 bits per heavy atom. The Bertz CT molecular complexity index is 776. The number of halogens is 2. The number of hydrogen-bond donors (Lipinski definition) is 0. The fourth-order valence-corrected chi connectivity index (χ4v) is 2.28. The van der Waals surface area contributed by atoms with E-state index in [1.54, 1.807) is 42.1 Å². The van der Waals surface area contributed by atoms with Gasteiger partial charge in [0.1, 0.15) is 24.2 Å². The molecule has 7 heteroatoms. The van der Waals surface area contributed by atoms with Crippen molar-refractivity contribution in [1.82, 2.24) is 14.4 Å². The number of aromatic nitrogens is 3. The lowest BCUT2D eigenvalue weighted by molar-refractivity contribution is 0.0525. The van der Waals surface area contributed by atoms with Crippen LogP contribution in [0.3, 0.4) is 0 Å². The maximum atomic E-state index is 12.9. The predicted octanol–water partition coefficient (Wildman–Crippen LogP) is 3.29. The van der Waals surface area contributed by atoms with Gasteiger partial charge in [0, 0.05) is 36.7 Å². The van der Waals surface area contributed by atoms with E-state index < -0.39 is 11.9 Å². The molecule has 0 saturated carbocycles. The van der Waals surface area contributed by atoms with Gasteiger partial charge in [0.2, 0.25) is 5.88 Å². The molecular formula is C15H13ClFN3O2. The Morgan fingerprint density at radius 2 is 2.18 bits per heavy atom. The quantitative estimate of drug-likeness (QED) is 0.723. The van der Waals surface area contributed by atoms with Gasteiger partial charge in [-0.25, -0.2) is 9.37 Å². The van der Waals surface area contributed by atoms with E-state index in [2.05, 4.69) is 9.97 Å². The van der Waals surface area contributed by atoms with E-state index in [4.69, 9.17) is 21.1 Å². The van der Waals surface area contributed by atoms with Gasteiger partial charge in [-0.3, -0.25) is 9.38 Å². The number of pyridine rings is 2. The van der Waals surface area contributed by atoms with Crippen LogP contribution >= 0.6 is 11.6 Å². The second kappa shape index (κ2) is 6.29. The molecule has 1 atom stereocenters. The van der Waals surface area contributed by atoms with Crippen molar-refractivity contribution in [2.24, 2.45) is 0 Å². The highest BCUT2D eigenvalue weighted by Crippen LogP contribution is 2.23. The zero-order chi connectivity index (χ0) is 15.5. The highest BCUT2D eigenvalue weighted by molar-refractivity contribution is 6.31. The molecule has 3 heterocycles. The summed E-state index contributed by atoms with van der Waals surface area (Å²) in [5, 5.41) is 0.530. The first-order valence-electron chi connectivity index (χ1n) is 6.57. The van der Waals surface area contributed by atoms with Gasteiger partial charge < -0.3 is 9.47 Å². The highest BCUT2D eigenvalue weighted by atomic mass is 35.5. The number of hydrogen-bond acceptors (Lipinski definition) is 4. The summed E-state index contributed by atoms with van der Waals surface area (Å²) in [5.41, 5.74) is 1.28. The Hall–Kier alpha value is -2.18. The zero-order valence-corrected chi connectivity index (χ0v) is 12.5. The highest BCUT2D eigenvalue weighted by Gasteiger charge is 2.14. The van der Waals surface area contributed by atoms with Crippen LogP contribution in [-0.2, 0) is 4.74 Å². The van der Waals surface area contributed by atoms with Crippen molar-refractivity contribution < 1.29 is 13.9 Å². The molecule has 3 aromatic rings. The van der Waals surface area contributed by atoms with Crippen LogP contribution in [-0.4, -0.2) is 28.1 Å². The van der Waals surface area contributed by atoms with E-state index in [9.17, 15) is 4.39 Å². The Labute approximate surface area is 131 Å². The molecule has 3 aromatic heterocycles. The van der Waals surface area contributed by atoms with Gasteiger partial charge >= 0.3 is 0 Å². The molecule has 0 spiro atoms. The maximum absolute atomic E-state index is 12.9. The van der Waals surface area contributed by atoms with Crippen LogP contribution in [0.5, 0.6) is 5.88 Å². The van der Waals surface area contributed by atoms with Gasteiger partial charge in [-0.15, -0.1) is 0 Å². The van der Waals surface area contributed by atoms with Crippen LogP contribution in [0, 0.1) is 5.82 Å². The van der Waals surface area contributed by atoms with Crippen molar-refractivity contribution in [3.05, 3.63) is 59.4 Å². The minimum Gasteiger partial charge on any atom is -0.475 e. The fourth-order valence-electron chi connectivity index (χ4n) is 2.08. The summed E-state index contributed by atoms with van der Waals surface area (Å²) in [6, 6.07) is 6.34. The van der Waals surface area contributed by atoms with Crippen LogP contribution < -0.4 is 4.74 Å². The predicted molar refractivity (Wildman–Crippen MR) is 79.6 cm³/mol. The molecule has 114 valence electrons. The largest absolute Gasteiger partial charge is 0.475 e. The summed E-state index contributed by atoms with van der Waals surface area (Å²) in [6.07, 6.45) is 4.17. The Morgan fingerprint density at radius 3 is 2.91 bits per heavy atom. The summed E-state index contributed by atoms with van der Waals surface area (Å²) < 4.78 is 25.8. The van der Waals surface area contributed by atoms with Crippen molar-refractivity contribution >= 4 is 17.2 Å². The Balaban J connectivity index is 1.80. The van der Waals surface area contributed by atoms with Crippen LogP contribution in [0.4, 0.5) is 4.39 Å². The van der Waals surface area contributed by atoms with Crippen molar-refractivity contribution in [2.45, 2.75) is 6.10 Å². The third-order valence-corrected chi connectivity index (χ3v) is 3.40. The second-order valence-corrected chi connectivity index (χ2v) is 5.04. The molecule has 0 radical (unpaired) electrons. The van der Waals surface area contributed by atoms with E-state index >= 15 is 0 Å². The van der Waals surface area contributed by atoms with Gasteiger partial charge in [0.25, 0.3) is 0 Å². The summed E-state index contributed by atoms with van der Waals surface area (Å²) >= 11 is 6.05. The normalized spacial score (nSPS) is 12.5. The summed E-state index contributed by atoms with van der Waals surface area (Å²) in [4.78, 5) is 8.17. The average Bonchev–Trinajstić information content (AvgIpc) is 2.97. The summed E-state index contributed by atoms with van der Waals surface area (Å²) in [7, 11) is 1.55. The van der Waals surface area contributed by atoms with E-state index in [0.717, 1.165) is 6.20 Å². The van der Waals surface area contributed by atoms with Crippen molar-refractivity contribution in [3.63, 3.8) is 0 Å². The van der Waals surface area contributed by atoms with Gasteiger partial charge in [-0.05, 0) is 12.1 Å². The third kappa shape index (κ3) is 3.03.